The Morgan fingerprint density at radius 3 is 1.61 bits per heavy atom. The fourth-order valence-electron chi connectivity index (χ4n) is 14.8. The van der Waals surface area contributed by atoms with Gasteiger partial charge >= 0.3 is 0 Å². The highest BCUT2D eigenvalue weighted by Crippen LogP contribution is 2.50. The Kier molecular flexibility index (Phi) is 16.4. The number of amides is 4. The molecule has 4 aromatic carbocycles. The maximum Gasteiger partial charge on any atom is 0.251 e. The van der Waals surface area contributed by atoms with Crippen molar-refractivity contribution in [3.05, 3.63) is 131 Å². The third kappa shape index (κ3) is 11.2. The number of hydrogen-bond donors (Lipinski definition) is 6. The third-order valence-corrected chi connectivity index (χ3v) is 20.6. The molecular formula is C73H88N14O5. The summed E-state index contributed by atoms with van der Waals surface area (Å²) in [5, 5.41) is 20.6. The van der Waals surface area contributed by atoms with Crippen molar-refractivity contribution in [1.82, 2.24) is 50.3 Å². The Bertz CT molecular complexity index is 4230. The Morgan fingerprint density at radius 2 is 1.12 bits per heavy atom. The van der Waals surface area contributed by atoms with Crippen molar-refractivity contribution >= 4 is 80.1 Å². The van der Waals surface area contributed by atoms with E-state index in [0.717, 1.165) is 148 Å². The van der Waals surface area contributed by atoms with Crippen molar-refractivity contribution in [2.45, 2.75) is 180 Å². The summed E-state index contributed by atoms with van der Waals surface area (Å²) in [7, 11) is 3.27. The molecule has 19 nitrogen and oxygen atoms in total. The van der Waals surface area contributed by atoms with Gasteiger partial charge in [-0.15, -0.1) is 0 Å². The van der Waals surface area contributed by atoms with Gasteiger partial charge < -0.3 is 55.6 Å². The van der Waals surface area contributed by atoms with Gasteiger partial charge in [-0.3, -0.25) is 19.2 Å². The molecule has 4 aromatic heterocycles. The number of aryl methyl sites for hydroxylation is 2. The Morgan fingerprint density at radius 1 is 0.630 bits per heavy atom. The first-order valence-corrected chi connectivity index (χ1v) is 33.0. The average Bonchev–Trinajstić information content (AvgIpc) is 1.58. The van der Waals surface area contributed by atoms with Gasteiger partial charge in [0.25, 0.3) is 11.8 Å². The van der Waals surface area contributed by atoms with Crippen LogP contribution in [0.25, 0.3) is 44.6 Å². The van der Waals surface area contributed by atoms with E-state index in [1.165, 1.54) is 0 Å². The lowest BCUT2D eigenvalue weighted by Gasteiger charge is -2.45. The zero-order valence-electron chi connectivity index (χ0n) is 55.4. The molecule has 1 saturated heterocycles. The van der Waals surface area contributed by atoms with E-state index in [4.69, 9.17) is 24.7 Å². The van der Waals surface area contributed by atoms with Gasteiger partial charge in [-0.25, -0.2) is 19.9 Å². The predicted molar refractivity (Wildman–Crippen MR) is 365 cm³/mol. The van der Waals surface area contributed by atoms with Crippen LogP contribution in [-0.4, -0.2) is 116 Å². The number of ether oxygens (including phenoxy) is 1. The van der Waals surface area contributed by atoms with Crippen LogP contribution in [-0.2, 0) is 25.2 Å². The standard InChI is InChI=1S/C73H88N14O5/c1-39(2)84-37-76-60-34-58(82-66(64(60)84)80-47-20-14-40(3)53(32-47)68(88)74-12)45-18-22-55-62(26-45)86(70(90)72(55,8)9)51-28-49(29-51)78-43(6)16-17-44(7)85-38-77-61-35-59(83-67(65(61)85)81-48-21-15-41(4)54(33-48)69(89)75-13)46-19-23-56-63(27-46)87(71(91)73(56,10)11)52-30-50(31-52)79-57-24-25-92-36-42(57)5/h14-15,18-23,26-27,32-35,37-39,42-44,49-52,57,78-79H,16-17,24-25,28-31,36H2,1-13H3,(H,74,88)(H,75,89)(H,80,82)(H,81,83)/t42-,43?,44?,49?,50?,51?,52?,57+/m0/s1. The number of fused-ring (bicyclic) bond motifs is 4. The second-order valence-corrected chi connectivity index (χ2v) is 28.1. The number of pyridine rings is 2. The highest BCUT2D eigenvalue weighted by molar-refractivity contribution is 6.10. The van der Waals surface area contributed by atoms with Gasteiger partial charge in [-0.1, -0.05) is 43.3 Å². The molecule has 3 fully saturated rings. The molecule has 3 aliphatic heterocycles. The number of carbonyl (C=O) groups excluding carboxylic acids is 4. The van der Waals surface area contributed by atoms with E-state index in [9.17, 15) is 19.2 Å². The average molecular weight is 1240 g/mol. The molecule has 13 rings (SSSR count). The topological polar surface area (TPSA) is 218 Å². The van der Waals surface area contributed by atoms with Gasteiger partial charge in [0.2, 0.25) is 11.8 Å². The third-order valence-electron chi connectivity index (χ3n) is 20.6. The summed E-state index contributed by atoms with van der Waals surface area (Å²) < 4.78 is 10.0. The number of hydrogen-bond acceptors (Lipinski definition) is 13. The minimum Gasteiger partial charge on any atom is -0.381 e. The fourth-order valence-corrected chi connectivity index (χ4v) is 14.8. The van der Waals surface area contributed by atoms with E-state index in [-0.39, 0.29) is 59.9 Å². The van der Waals surface area contributed by atoms with Gasteiger partial charge in [0.1, 0.15) is 11.0 Å². The highest BCUT2D eigenvalue weighted by Gasteiger charge is 2.51. The summed E-state index contributed by atoms with van der Waals surface area (Å²) in [5.41, 5.74) is 13.4. The first-order chi connectivity index (χ1) is 44.0. The Labute approximate surface area is 539 Å². The lowest BCUT2D eigenvalue weighted by atomic mass is 9.83. The van der Waals surface area contributed by atoms with Crippen LogP contribution in [0.1, 0.15) is 162 Å². The van der Waals surface area contributed by atoms with Crippen molar-refractivity contribution < 1.29 is 23.9 Å². The van der Waals surface area contributed by atoms with E-state index >= 15 is 0 Å². The van der Waals surface area contributed by atoms with Crippen LogP contribution in [0.3, 0.4) is 0 Å². The number of anilines is 6. The Hall–Kier alpha value is -8.52. The molecule has 0 spiro atoms. The normalized spacial score (nSPS) is 22.1. The van der Waals surface area contributed by atoms with Crippen molar-refractivity contribution in [2.24, 2.45) is 5.92 Å². The molecule has 0 bridgehead atoms. The van der Waals surface area contributed by atoms with Crippen LogP contribution in [0.4, 0.5) is 34.4 Å². The van der Waals surface area contributed by atoms with Crippen molar-refractivity contribution in [1.29, 1.82) is 0 Å². The van der Waals surface area contributed by atoms with E-state index in [2.05, 4.69) is 123 Å². The van der Waals surface area contributed by atoms with Crippen molar-refractivity contribution in [2.75, 3.05) is 47.7 Å². The number of imidazole rings is 2. The molecule has 4 amide bonds. The van der Waals surface area contributed by atoms with Crippen LogP contribution in [0.5, 0.6) is 0 Å². The summed E-state index contributed by atoms with van der Waals surface area (Å²) in [5.74, 6) is 1.60. The van der Waals surface area contributed by atoms with Crippen LogP contribution >= 0.6 is 0 Å². The summed E-state index contributed by atoms with van der Waals surface area (Å²) in [6.07, 6.45) is 9.96. The molecule has 7 heterocycles. The van der Waals surface area contributed by atoms with Crippen LogP contribution in [0, 0.1) is 19.8 Å². The van der Waals surface area contributed by atoms with Gasteiger partial charge in [0.15, 0.2) is 11.6 Å². The maximum atomic E-state index is 14.6. The summed E-state index contributed by atoms with van der Waals surface area (Å²) in [6, 6.07) is 29.7. The van der Waals surface area contributed by atoms with Gasteiger partial charge in [0.05, 0.1) is 52.5 Å². The zero-order valence-corrected chi connectivity index (χ0v) is 55.4. The van der Waals surface area contributed by atoms with Crippen molar-refractivity contribution in [3.63, 3.8) is 0 Å². The smallest absolute Gasteiger partial charge is 0.251 e. The lowest BCUT2D eigenvalue weighted by molar-refractivity contribution is -0.123. The number of aromatic nitrogens is 6. The Balaban J connectivity index is 0.717. The lowest BCUT2D eigenvalue weighted by Crippen LogP contribution is -2.58. The molecule has 92 heavy (non-hydrogen) atoms. The molecule has 2 saturated carbocycles. The summed E-state index contributed by atoms with van der Waals surface area (Å²) in [6.45, 7) is 24.5. The molecule has 0 radical (unpaired) electrons. The zero-order chi connectivity index (χ0) is 64.8. The van der Waals surface area contributed by atoms with Gasteiger partial charge in [-0.2, -0.15) is 0 Å². The second kappa shape index (κ2) is 24.2. The predicted octanol–water partition coefficient (Wildman–Crippen LogP) is 12.3. The molecule has 2 unspecified atom stereocenters. The number of nitrogens with one attached hydrogen (secondary N) is 6. The number of nitrogens with zero attached hydrogens (tertiary/aromatic N) is 8. The first-order valence-electron chi connectivity index (χ1n) is 33.0. The van der Waals surface area contributed by atoms with E-state index in [1.54, 1.807) is 14.1 Å². The van der Waals surface area contributed by atoms with Crippen molar-refractivity contribution in [3.8, 4) is 22.5 Å². The van der Waals surface area contributed by atoms with Crippen LogP contribution in [0.2, 0.25) is 0 Å². The van der Waals surface area contributed by atoms with Gasteiger partial charge in [-0.05, 0) is 191 Å². The second-order valence-electron chi connectivity index (χ2n) is 28.1. The molecule has 8 aromatic rings. The summed E-state index contributed by atoms with van der Waals surface area (Å²) >= 11 is 0. The number of carbonyl (C=O) groups is 4. The molecule has 4 atom stereocenters. The van der Waals surface area contributed by atoms with E-state index < -0.39 is 10.8 Å². The minimum absolute atomic E-state index is 0.0309. The minimum atomic E-state index is -0.701. The number of rotatable bonds is 19. The summed E-state index contributed by atoms with van der Waals surface area (Å²) in [4.78, 5) is 79.5. The molecule has 480 valence electrons. The van der Waals surface area contributed by atoms with Crippen LogP contribution in [0.15, 0.2) is 97.6 Å². The largest absolute Gasteiger partial charge is 0.381 e. The maximum absolute atomic E-state index is 14.6. The molecule has 5 aliphatic rings. The molecule has 19 heteroatoms. The first kappa shape index (κ1) is 62.3. The fraction of sp³-hybridized carbons (Fsp3) is 0.452. The SMILES string of the molecule is CNC(=O)c1cc(Nc2nc(-c3ccc4c(c3)N(C3CC(NC(C)CCC(C)n5cnc6cc(-c7ccc8c(c7)N(C7CC(N[C@@H]9CCOC[C@@H]9C)C7)C(=O)C8(C)C)nc(Nc7ccc(C)c(C(=O)NC)c7)c65)C3)C(=O)C4(C)C)cc3ncn(C(C)C)c23)ccc1C. The highest BCUT2D eigenvalue weighted by atomic mass is 16.5. The quantitative estimate of drug-likeness (QED) is 0.0445. The van der Waals surface area contributed by atoms with Gasteiger partial charge in [0, 0.05) is 114 Å². The van der Waals surface area contributed by atoms with E-state index in [0.29, 0.717) is 40.8 Å². The van der Waals surface area contributed by atoms with E-state index in [1.807, 2.05) is 102 Å². The number of benzene rings is 4. The monoisotopic (exact) mass is 1240 g/mol. The molecular weight excluding hydrogens is 1150 g/mol. The molecule has 2 aliphatic carbocycles. The molecule has 6 N–H and O–H groups in total. The van der Waals surface area contributed by atoms with Crippen LogP contribution < -0.4 is 41.7 Å².